The van der Waals surface area contributed by atoms with Gasteiger partial charge < -0.3 is 9.30 Å². The Bertz CT molecular complexity index is 561. The summed E-state index contributed by atoms with van der Waals surface area (Å²) in [7, 11) is -3.71. The van der Waals surface area contributed by atoms with Crippen molar-refractivity contribution in [3.63, 3.8) is 0 Å². The first-order valence-electron chi connectivity index (χ1n) is 6.69. The van der Waals surface area contributed by atoms with Gasteiger partial charge in [-0.15, -0.1) is 0 Å². The van der Waals surface area contributed by atoms with Crippen LogP contribution < -0.4 is 5.14 Å². The smallest absolute Gasteiger partial charge is 0.257 e. The van der Waals surface area contributed by atoms with Crippen LogP contribution in [0, 0.1) is 0 Å². The fourth-order valence-corrected chi connectivity index (χ4v) is 3.71. The highest BCUT2D eigenvalue weighted by Crippen LogP contribution is 2.43. The summed E-state index contributed by atoms with van der Waals surface area (Å²) in [4.78, 5) is 3.81. The zero-order valence-electron chi connectivity index (χ0n) is 10.8. The minimum atomic E-state index is -3.71. The van der Waals surface area contributed by atoms with E-state index in [1.807, 2.05) is 0 Å². The van der Waals surface area contributed by atoms with Gasteiger partial charge >= 0.3 is 0 Å². The summed E-state index contributed by atoms with van der Waals surface area (Å²) >= 11 is 0. The Balaban J connectivity index is 1.65. The number of rotatable bonds is 3. The summed E-state index contributed by atoms with van der Waals surface area (Å²) in [5.41, 5.74) is 0.105. The molecule has 19 heavy (non-hydrogen) atoms. The van der Waals surface area contributed by atoms with Gasteiger partial charge in [0.1, 0.15) is 0 Å². The minimum absolute atomic E-state index is 0.0823. The van der Waals surface area contributed by atoms with Crippen LogP contribution in [0.3, 0.4) is 0 Å². The van der Waals surface area contributed by atoms with Gasteiger partial charge in [-0.1, -0.05) is 12.8 Å². The SMILES string of the molecule is NS(=O)(=O)c1cn(CC2CCC3(CCCC3)O2)cn1. The van der Waals surface area contributed by atoms with Crippen molar-refractivity contribution in [2.75, 3.05) is 0 Å². The van der Waals surface area contributed by atoms with Crippen LogP contribution in [0.4, 0.5) is 0 Å². The molecule has 106 valence electrons. The van der Waals surface area contributed by atoms with Crippen LogP contribution >= 0.6 is 0 Å². The van der Waals surface area contributed by atoms with Crippen LogP contribution in [-0.4, -0.2) is 29.7 Å². The molecule has 1 unspecified atom stereocenters. The van der Waals surface area contributed by atoms with E-state index >= 15 is 0 Å². The average Bonchev–Trinajstić information content (AvgIpc) is 3.01. The molecule has 1 spiro atoms. The monoisotopic (exact) mass is 285 g/mol. The third kappa shape index (κ3) is 2.68. The molecular weight excluding hydrogens is 266 g/mol. The first kappa shape index (κ1) is 13.1. The van der Waals surface area contributed by atoms with E-state index in [0.29, 0.717) is 6.54 Å². The van der Waals surface area contributed by atoms with E-state index in [2.05, 4.69) is 4.98 Å². The van der Waals surface area contributed by atoms with Crippen LogP contribution in [0.1, 0.15) is 38.5 Å². The molecule has 2 N–H and O–H groups in total. The van der Waals surface area contributed by atoms with Gasteiger partial charge in [0.15, 0.2) is 5.03 Å². The molecule has 0 bridgehead atoms. The number of aromatic nitrogens is 2. The average molecular weight is 285 g/mol. The molecular formula is C12H19N3O3S. The number of nitrogens with zero attached hydrogens (tertiary/aromatic N) is 2. The van der Waals surface area contributed by atoms with E-state index in [1.54, 1.807) is 4.57 Å². The summed E-state index contributed by atoms with van der Waals surface area (Å²) in [5, 5.41) is 4.96. The van der Waals surface area contributed by atoms with Gasteiger partial charge in [-0.2, -0.15) is 0 Å². The summed E-state index contributed by atoms with van der Waals surface area (Å²) in [6, 6.07) is 0. The zero-order valence-corrected chi connectivity index (χ0v) is 11.6. The number of ether oxygens (including phenoxy) is 1. The molecule has 2 heterocycles. The zero-order chi connectivity index (χ0) is 13.5. The fourth-order valence-electron chi connectivity index (χ4n) is 3.23. The number of hydrogen-bond donors (Lipinski definition) is 1. The molecule has 0 aromatic carbocycles. The number of imidazole rings is 1. The van der Waals surface area contributed by atoms with Crippen LogP contribution in [-0.2, 0) is 21.3 Å². The summed E-state index contributed by atoms with van der Waals surface area (Å²) in [6.45, 7) is 0.643. The summed E-state index contributed by atoms with van der Waals surface area (Å²) in [5.74, 6) is 0. The Labute approximate surface area is 113 Å². The van der Waals surface area contributed by atoms with Crippen molar-refractivity contribution in [2.24, 2.45) is 5.14 Å². The Hall–Kier alpha value is -0.920. The van der Waals surface area contributed by atoms with Crippen LogP contribution in [0.25, 0.3) is 0 Å². The lowest BCUT2D eigenvalue weighted by molar-refractivity contribution is -0.0418. The van der Waals surface area contributed by atoms with Crippen LogP contribution in [0.15, 0.2) is 17.6 Å². The number of hydrogen-bond acceptors (Lipinski definition) is 4. The van der Waals surface area contributed by atoms with E-state index in [9.17, 15) is 8.42 Å². The lowest BCUT2D eigenvalue weighted by Crippen LogP contribution is -2.26. The van der Waals surface area contributed by atoms with Crippen molar-refractivity contribution in [3.05, 3.63) is 12.5 Å². The van der Waals surface area contributed by atoms with Gasteiger partial charge in [0.05, 0.1) is 18.0 Å². The third-order valence-electron chi connectivity index (χ3n) is 4.17. The van der Waals surface area contributed by atoms with Gasteiger partial charge in [0.2, 0.25) is 0 Å². The van der Waals surface area contributed by atoms with Gasteiger partial charge in [-0.05, 0) is 25.7 Å². The maximum Gasteiger partial charge on any atom is 0.257 e. The Morgan fingerprint density at radius 1 is 1.42 bits per heavy atom. The van der Waals surface area contributed by atoms with Crippen LogP contribution in [0.5, 0.6) is 0 Å². The largest absolute Gasteiger partial charge is 0.370 e. The maximum atomic E-state index is 11.2. The number of nitrogens with two attached hydrogens (primary N) is 1. The molecule has 6 nitrogen and oxygen atoms in total. The topological polar surface area (TPSA) is 87.2 Å². The Morgan fingerprint density at radius 2 is 2.16 bits per heavy atom. The normalized spacial score (nSPS) is 26.3. The highest BCUT2D eigenvalue weighted by atomic mass is 32.2. The molecule has 1 saturated heterocycles. The molecule has 0 amide bonds. The first-order chi connectivity index (χ1) is 8.97. The quantitative estimate of drug-likeness (QED) is 0.898. The second-order valence-corrected chi connectivity index (χ2v) is 7.13. The lowest BCUT2D eigenvalue weighted by atomic mass is 9.98. The van der Waals surface area contributed by atoms with Gasteiger partial charge in [0.25, 0.3) is 10.0 Å². The number of primary sulfonamides is 1. The molecule has 7 heteroatoms. The standard InChI is InChI=1S/C12H19N3O3S/c13-19(16,17)11-8-15(9-14-11)7-10-3-6-12(18-10)4-1-2-5-12/h8-10H,1-7H2,(H2,13,16,17). The van der Waals surface area contributed by atoms with Gasteiger partial charge in [0, 0.05) is 12.7 Å². The van der Waals surface area contributed by atoms with E-state index < -0.39 is 10.0 Å². The third-order valence-corrected chi connectivity index (χ3v) is 4.96. The molecule has 2 fully saturated rings. The van der Waals surface area contributed by atoms with Gasteiger partial charge in [-0.3, -0.25) is 0 Å². The van der Waals surface area contributed by atoms with Crippen molar-refractivity contribution in [3.8, 4) is 0 Å². The Morgan fingerprint density at radius 3 is 2.79 bits per heavy atom. The van der Waals surface area contributed by atoms with Crippen LogP contribution in [0.2, 0.25) is 0 Å². The van der Waals surface area contributed by atoms with E-state index in [1.165, 1.54) is 25.4 Å². The van der Waals surface area contributed by atoms with E-state index in [4.69, 9.17) is 9.88 Å². The highest BCUT2D eigenvalue weighted by molar-refractivity contribution is 7.89. The molecule has 1 aliphatic carbocycles. The first-order valence-corrected chi connectivity index (χ1v) is 8.24. The van der Waals surface area contributed by atoms with Crippen molar-refractivity contribution in [2.45, 2.75) is 61.8 Å². The second kappa shape index (κ2) is 4.57. The molecule has 1 aliphatic heterocycles. The molecule has 1 aromatic heterocycles. The molecule has 1 aromatic rings. The number of sulfonamides is 1. The lowest BCUT2D eigenvalue weighted by Gasteiger charge is -2.23. The van der Waals surface area contributed by atoms with Crippen molar-refractivity contribution in [1.29, 1.82) is 0 Å². The van der Waals surface area contributed by atoms with E-state index in [-0.39, 0.29) is 16.7 Å². The molecule has 2 aliphatic rings. The minimum Gasteiger partial charge on any atom is -0.370 e. The summed E-state index contributed by atoms with van der Waals surface area (Å²) < 4.78 is 30.2. The predicted octanol–water partition coefficient (Wildman–Crippen LogP) is 1.02. The Kier molecular flexibility index (Phi) is 3.15. The molecule has 0 radical (unpaired) electrons. The molecule has 1 atom stereocenters. The van der Waals surface area contributed by atoms with Crippen molar-refractivity contribution < 1.29 is 13.2 Å². The van der Waals surface area contributed by atoms with Crippen molar-refractivity contribution in [1.82, 2.24) is 9.55 Å². The van der Waals surface area contributed by atoms with E-state index in [0.717, 1.165) is 25.7 Å². The molecule has 1 saturated carbocycles. The molecule has 3 rings (SSSR count). The fraction of sp³-hybridized carbons (Fsp3) is 0.750. The van der Waals surface area contributed by atoms with Crippen molar-refractivity contribution >= 4 is 10.0 Å². The maximum absolute atomic E-state index is 11.2. The predicted molar refractivity (Wildman–Crippen MR) is 68.9 cm³/mol. The second-order valence-electron chi connectivity index (χ2n) is 5.62. The van der Waals surface area contributed by atoms with Gasteiger partial charge in [-0.25, -0.2) is 18.5 Å². The highest BCUT2D eigenvalue weighted by Gasteiger charge is 2.42. The summed E-state index contributed by atoms with van der Waals surface area (Å²) in [6.07, 6.45) is 10.1.